The maximum absolute atomic E-state index is 13.0. The van der Waals surface area contributed by atoms with Gasteiger partial charge in [-0.15, -0.1) is 0 Å². The summed E-state index contributed by atoms with van der Waals surface area (Å²) < 4.78 is 45.4. The van der Waals surface area contributed by atoms with Gasteiger partial charge in [-0.05, 0) is 45.7 Å². The van der Waals surface area contributed by atoms with Crippen LogP contribution in [0.2, 0.25) is 0 Å². The molecule has 0 spiro atoms. The van der Waals surface area contributed by atoms with Gasteiger partial charge in [-0.1, -0.05) is 12.1 Å². The van der Waals surface area contributed by atoms with Crippen LogP contribution in [0.3, 0.4) is 0 Å². The summed E-state index contributed by atoms with van der Waals surface area (Å²) >= 11 is 0. The van der Waals surface area contributed by atoms with E-state index < -0.39 is 26.0 Å². The SMILES string of the molecule is CC(C)n1nc(-c2cccc(S(C)(=O)=O)c2)c2c1CC(C(=O)NC1(C)CS(O)(O)C1)CC2. The first-order valence-electron chi connectivity index (χ1n) is 10.7. The molecule has 176 valence electrons. The quantitative estimate of drug-likeness (QED) is 0.603. The van der Waals surface area contributed by atoms with E-state index in [-0.39, 0.29) is 34.3 Å². The van der Waals surface area contributed by atoms with E-state index in [4.69, 9.17) is 5.10 Å². The van der Waals surface area contributed by atoms with Gasteiger partial charge in [-0.25, -0.2) is 8.42 Å². The topological polar surface area (TPSA) is 122 Å². The predicted octanol–water partition coefficient (Wildman–Crippen LogP) is 3.28. The van der Waals surface area contributed by atoms with Crippen molar-refractivity contribution in [2.24, 2.45) is 5.92 Å². The highest BCUT2D eigenvalue weighted by Crippen LogP contribution is 2.54. The molecule has 1 aliphatic heterocycles. The number of hydrogen-bond donors (Lipinski definition) is 3. The maximum Gasteiger partial charge on any atom is 0.224 e. The first kappa shape index (κ1) is 23.3. The molecule has 0 radical (unpaired) electrons. The average molecular weight is 482 g/mol. The summed E-state index contributed by atoms with van der Waals surface area (Å²) in [7, 11) is -5.87. The first-order valence-corrected chi connectivity index (χ1v) is 14.5. The van der Waals surface area contributed by atoms with Gasteiger partial charge in [0.25, 0.3) is 0 Å². The molecule has 1 aromatic carbocycles. The zero-order valence-electron chi connectivity index (χ0n) is 18.8. The Morgan fingerprint density at radius 1 is 1.31 bits per heavy atom. The van der Waals surface area contributed by atoms with Gasteiger partial charge in [-0.2, -0.15) is 15.7 Å². The van der Waals surface area contributed by atoms with E-state index in [1.165, 1.54) is 6.26 Å². The van der Waals surface area contributed by atoms with Crippen molar-refractivity contribution in [3.05, 3.63) is 35.5 Å². The molecule has 8 nitrogen and oxygen atoms in total. The number of carbonyl (C=O) groups excluding carboxylic acids is 1. The molecule has 1 aromatic heterocycles. The summed E-state index contributed by atoms with van der Waals surface area (Å²) in [6.45, 7) is 5.92. The van der Waals surface area contributed by atoms with Crippen LogP contribution >= 0.6 is 10.6 Å². The minimum absolute atomic E-state index is 0.0646. The molecule has 1 saturated heterocycles. The second kappa shape index (κ2) is 7.86. The molecule has 2 aliphatic rings. The Morgan fingerprint density at radius 2 is 2.00 bits per heavy atom. The van der Waals surface area contributed by atoms with Crippen LogP contribution < -0.4 is 5.32 Å². The highest BCUT2D eigenvalue weighted by atomic mass is 32.3. The number of rotatable bonds is 5. The average Bonchev–Trinajstić information content (AvgIpc) is 3.04. The third kappa shape index (κ3) is 4.46. The highest BCUT2D eigenvalue weighted by Gasteiger charge is 2.46. The molecule has 2 heterocycles. The molecule has 1 unspecified atom stereocenters. The molecule has 1 atom stereocenters. The van der Waals surface area contributed by atoms with Crippen molar-refractivity contribution in [2.75, 3.05) is 17.8 Å². The van der Waals surface area contributed by atoms with Gasteiger partial charge in [0.1, 0.15) is 0 Å². The van der Waals surface area contributed by atoms with Crippen LogP contribution in [0.1, 0.15) is 44.5 Å². The van der Waals surface area contributed by atoms with Crippen molar-refractivity contribution < 1.29 is 22.3 Å². The minimum Gasteiger partial charge on any atom is -0.348 e. The van der Waals surface area contributed by atoms with Crippen molar-refractivity contribution in [1.29, 1.82) is 0 Å². The van der Waals surface area contributed by atoms with Crippen LogP contribution in [0.15, 0.2) is 29.2 Å². The van der Waals surface area contributed by atoms with Crippen molar-refractivity contribution in [3.63, 3.8) is 0 Å². The third-order valence-corrected chi connectivity index (χ3v) is 9.53. The number of aromatic nitrogens is 2. The molecule has 0 saturated carbocycles. The molecule has 0 bridgehead atoms. The Kier molecular flexibility index (Phi) is 5.72. The Hall–Kier alpha value is -1.88. The Balaban J connectivity index is 1.62. The van der Waals surface area contributed by atoms with Gasteiger partial charge in [0.05, 0.1) is 27.6 Å². The molecule has 2 aromatic rings. The summed E-state index contributed by atoms with van der Waals surface area (Å²) in [6, 6.07) is 6.94. The van der Waals surface area contributed by atoms with Crippen molar-refractivity contribution in [1.82, 2.24) is 15.1 Å². The lowest BCUT2D eigenvalue weighted by Gasteiger charge is -2.54. The monoisotopic (exact) mass is 481 g/mol. The van der Waals surface area contributed by atoms with Crippen molar-refractivity contribution in [3.8, 4) is 11.3 Å². The Morgan fingerprint density at radius 3 is 2.59 bits per heavy atom. The number of carbonyl (C=O) groups is 1. The van der Waals surface area contributed by atoms with Gasteiger partial charge < -0.3 is 5.32 Å². The number of nitrogens with one attached hydrogen (secondary N) is 1. The van der Waals surface area contributed by atoms with E-state index in [1.54, 1.807) is 18.2 Å². The number of hydrogen-bond acceptors (Lipinski definition) is 6. The lowest BCUT2D eigenvalue weighted by Crippen LogP contribution is -2.62. The third-order valence-electron chi connectivity index (χ3n) is 6.22. The van der Waals surface area contributed by atoms with E-state index in [1.807, 2.05) is 31.5 Å². The second-order valence-electron chi connectivity index (χ2n) is 9.69. The summed E-state index contributed by atoms with van der Waals surface area (Å²) in [5, 5.41) is 7.85. The van der Waals surface area contributed by atoms with Gasteiger partial charge in [0, 0.05) is 41.5 Å². The lowest BCUT2D eigenvalue weighted by atomic mass is 9.84. The molecule has 1 aliphatic carbocycles. The molecular weight excluding hydrogens is 450 g/mol. The van der Waals surface area contributed by atoms with E-state index in [0.717, 1.165) is 22.5 Å². The summed E-state index contributed by atoms with van der Waals surface area (Å²) in [4.78, 5) is 13.2. The number of benzene rings is 1. The second-order valence-corrected chi connectivity index (χ2v) is 13.9. The van der Waals surface area contributed by atoms with Gasteiger partial charge in [0.2, 0.25) is 5.91 Å². The molecule has 1 fully saturated rings. The number of fused-ring (bicyclic) bond motifs is 1. The fraction of sp³-hybridized carbons (Fsp3) is 0.545. The summed E-state index contributed by atoms with van der Waals surface area (Å²) in [5.74, 6) is 0.124. The lowest BCUT2D eigenvalue weighted by molar-refractivity contribution is -0.126. The van der Waals surface area contributed by atoms with E-state index >= 15 is 0 Å². The van der Waals surface area contributed by atoms with Crippen molar-refractivity contribution >= 4 is 26.3 Å². The van der Waals surface area contributed by atoms with Crippen LogP contribution in [0.25, 0.3) is 11.3 Å². The van der Waals surface area contributed by atoms with Crippen LogP contribution in [0, 0.1) is 5.92 Å². The van der Waals surface area contributed by atoms with Crippen LogP contribution in [0.4, 0.5) is 0 Å². The van der Waals surface area contributed by atoms with Crippen molar-refractivity contribution in [2.45, 2.75) is 56.5 Å². The van der Waals surface area contributed by atoms with E-state index in [2.05, 4.69) is 5.32 Å². The number of nitrogens with zero attached hydrogens (tertiary/aromatic N) is 2. The Labute approximate surface area is 190 Å². The first-order chi connectivity index (χ1) is 14.8. The fourth-order valence-corrected chi connectivity index (χ4v) is 7.61. The minimum atomic E-state index is -3.33. The summed E-state index contributed by atoms with van der Waals surface area (Å²) in [6.07, 6.45) is 3.07. The van der Waals surface area contributed by atoms with Crippen LogP contribution in [-0.2, 0) is 27.5 Å². The van der Waals surface area contributed by atoms with Crippen LogP contribution in [-0.4, -0.2) is 56.5 Å². The number of sulfone groups is 1. The van der Waals surface area contributed by atoms with E-state index in [0.29, 0.717) is 19.3 Å². The number of amides is 1. The fourth-order valence-electron chi connectivity index (χ4n) is 4.84. The smallest absolute Gasteiger partial charge is 0.224 e. The molecule has 1 amide bonds. The van der Waals surface area contributed by atoms with Gasteiger partial charge in [-0.3, -0.25) is 18.6 Å². The normalized spacial score (nSPS) is 22.7. The zero-order chi connectivity index (χ0) is 23.5. The Bertz CT molecular complexity index is 1160. The molecule has 10 heteroatoms. The largest absolute Gasteiger partial charge is 0.348 e. The molecule has 3 N–H and O–H groups in total. The van der Waals surface area contributed by atoms with Gasteiger partial charge in [0.15, 0.2) is 9.84 Å². The highest BCUT2D eigenvalue weighted by molar-refractivity contribution is 8.25. The van der Waals surface area contributed by atoms with Crippen LogP contribution in [0.5, 0.6) is 0 Å². The van der Waals surface area contributed by atoms with Gasteiger partial charge >= 0.3 is 0 Å². The zero-order valence-corrected chi connectivity index (χ0v) is 20.5. The molecule has 4 rings (SSSR count). The standard InChI is InChI=1S/C22H31N3O5S2/c1-14(2)25-19-11-16(21(26)23-22(3)12-32(29,30)13-22)8-9-18(19)20(24-25)15-6-5-7-17(10-15)31(4,27)28/h5-7,10,14,16,29-30H,8-9,11-13H2,1-4H3,(H,23,26). The predicted molar refractivity (Wildman–Crippen MR) is 126 cm³/mol. The molecule has 32 heavy (non-hydrogen) atoms. The summed E-state index contributed by atoms with van der Waals surface area (Å²) in [5.41, 5.74) is 3.05. The van der Waals surface area contributed by atoms with E-state index in [9.17, 15) is 22.3 Å². The molecular formula is C22H31N3O5S2. The maximum atomic E-state index is 13.0.